The fraction of sp³-hybridized carbons (Fsp3) is 0.0690. The summed E-state index contributed by atoms with van der Waals surface area (Å²) in [6.45, 7) is 0. The third-order valence-corrected chi connectivity index (χ3v) is 6.31. The van der Waals surface area contributed by atoms with Crippen LogP contribution in [0.25, 0.3) is 33.3 Å². The fourth-order valence-electron chi connectivity index (χ4n) is 4.18. The van der Waals surface area contributed by atoms with Crippen LogP contribution in [0, 0.1) is 0 Å². The lowest BCUT2D eigenvalue weighted by Crippen LogP contribution is -1.95. The number of aromatic amines is 1. The van der Waals surface area contributed by atoms with Crippen LogP contribution in [-0.4, -0.2) is 25.4 Å². The number of rotatable bonds is 6. The van der Waals surface area contributed by atoms with E-state index in [4.69, 9.17) is 14.5 Å². The molecule has 0 fully saturated rings. The standard InChI is InChI=1S/C29H23BrN2O2/c1-33-24-17-25(34-2)27-26(19-9-5-3-6-10-19)28(20-11-7-4-8-12-20)32-29(27)23(24)18-31-22-15-13-21(30)14-16-22/h3-18,32H,1-2H3. The molecule has 0 atom stereocenters. The van der Waals surface area contributed by atoms with Crippen LogP contribution in [0.5, 0.6) is 11.5 Å². The van der Waals surface area contributed by atoms with Gasteiger partial charge in [-0.3, -0.25) is 4.99 Å². The second-order valence-electron chi connectivity index (χ2n) is 7.79. The quantitative estimate of drug-likeness (QED) is 0.235. The van der Waals surface area contributed by atoms with Crippen molar-refractivity contribution in [2.75, 3.05) is 14.2 Å². The summed E-state index contributed by atoms with van der Waals surface area (Å²) < 4.78 is 12.6. The highest BCUT2D eigenvalue weighted by Gasteiger charge is 2.22. The van der Waals surface area contributed by atoms with Gasteiger partial charge in [0, 0.05) is 22.3 Å². The number of halogens is 1. The summed E-state index contributed by atoms with van der Waals surface area (Å²) in [5, 5.41) is 0.991. The Balaban J connectivity index is 1.82. The maximum atomic E-state index is 5.86. The predicted octanol–water partition coefficient (Wildman–Crippen LogP) is 8.03. The molecule has 4 nitrogen and oxygen atoms in total. The van der Waals surface area contributed by atoms with Gasteiger partial charge in [-0.1, -0.05) is 76.6 Å². The number of hydrogen-bond donors (Lipinski definition) is 1. The van der Waals surface area contributed by atoms with Crippen LogP contribution in [0.1, 0.15) is 5.56 Å². The molecule has 0 aliphatic heterocycles. The summed E-state index contributed by atoms with van der Waals surface area (Å²) in [5.41, 5.74) is 6.93. The molecule has 0 bridgehead atoms. The van der Waals surface area contributed by atoms with E-state index >= 15 is 0 Å². The van der Waals surface area contributed by atoms with Gasteiger partial charge in [0.1, 0.15) is 11.5 Å². The molecule has 5 rings (SSSR count). The van der Waals surface area contributed by atoms with E-state index in [-0.39, 0.29) is 0 Å². The minimum Gasteiger partial charge on any atom is -0.496 e. The highest BCUT2D eigenvalue weighted by Crippen LogP contribution is 2.45. The smallest absolute Gasteiger partial charge is 0.133 e. The SMILES string of the molecule is COc1cc(OC)c2c(-c3ccccc3)c(-c3ccccc3)[nH]c2c1C=Nc1ccc(Br)cc1. The van der Waals surface area contributed by atoms with Gasteiger partial charge in [-0.15, -0.1) is 0 Å². The molecule has 1 N–H and O–H groups in total. The van der Waals surface area contributed by atoms with Crippen molar-refractivity contribution in [2.24, 2.45) is 4.99 Å². The van der Waals surface area contributed by atoms with Crippen LogP contribution in [0.3, 0.4) is 0 Å². The Morgan fingerprint density at radius 3 is 2.00 bits per heavy atom. The number of aromatic nitrogens is 1. The van der Waals surface area contributed by atoms with Crippen LogP contribution in [0.2, 0.25) is 0 Å². The molecule has 168 valence electrons. The Morgan fingerprint density at radius 2 is 1.38 bits per heavy atom. The summed E-state index contributed by atoms with van der Waals surface area (Å²) >= 11 is 3.48. The van der Waals surface area contributed by atoms with E-state index < -0.39 is 0 Å². The van der Waals surface area contributed by atoms with Gasteiger partial charge in [-0.05, 0) is 35.4 Å². The van der Waals surface area contributed by atoms with Gasteiger partial charge in [0.25, 0.3) is 0 Å². The lowest BCUT2D eigenvalue weighted by molar-refractivity contribution is 0.397. The van der Waals surface area contributed by atoms with E-state index in [9.17, 15) is 0 Å². The third-order valence-electron chi connectivity index (χ3n) is 5.78. The van der Waals surface area contributed by atoms with Gasteiger partial charge >= 0.3 is 0 Å². The molecule has 34 heavy (non-hydrogen) atoms. The van der Waals surface area contributed by atoms with Crippen LogP contribution < -0.4 is 9.47 Å². The lowest BCUT2D eigenvalue weighted by Gasteiger charge is -2.12. The first-order valence-corrected chi connectivity index (χ1v) is 11.7. The average Bonchev–Trinajstić information content (AvgIpc) is 3.29. The first kappa shape index (κ1) is 22.0. The van der Waals surface area contributed by atoms with E-state index in [1.165, 1.54) is 0 Å². The molecule has 1 aromatic heterocycles. The molecule has 5 heteroatoms. The van der Waals surface area contributed by atoms with Crippen molar-refractivity contribution in [3.05, 3.63) is 101 Å². The van der Waals surface area contributed by atoms with Crippen LogP contribution in [-0.2, 0) is 0 Å². The van der Waals surface area contributed by atoms with E-state index in [0.29, 0.717) is 5.75 Å². The molecule has 0 radical (unpaired) electrons. The van der Waals surface area contributed by atoms with Crippen LogP contribution in [0.15, 0.2) is 100 Å². The van der Waals surface area contributed by atoms with Crippen LogP contribution in [0.4, 0.5) is 5.69 Å². The largest absolute Gasteiger partial charge is 0.496 e. The number of hydrogen-bond acceptors (Lipinski definition) is 3. The molecule has 0 amide bonds. The van der Waals surface area contributed by atoms with Crippen molar-refractivity contribution in [3.8, 4) is 33.9 Å². The van der Waals surface area contributed by atoms with Crippen LogP contribution >= 0.6 is 15.9 Å². The molecular weight excluding hydrogens is 488 g/mol. The van der Waals surface area contributed by atoms with Crippen molar-refractivity contribution in [1.29, 1.82) is 0 Å². The summed E-state index contributed by atoms with van der Waals surface area (Å²) in [4.78, 5) is 8.41. The Morgan fingerprint density at radius 1 is 0.765 bits per heavy atom. The minimum atomic E-state index is 0.686. The number of fused-ring (bicyclic) bond motifs is 1. The van der Waals surface area contributed by atoms with Crippen molar-refractivity contribution in [3.63, 3.8) is 0 Å². The van der Waals surface area contributed by atoms with E-state index in [1.807, 2.05) is 60.8 Å². The Bertz CT molecular complexity index is 1460. The molecule has 0 saturated carbocycles. The van der Waals surface area contributed by atoms with Gasteiger partial charge in [0.2, 0.25) is 0 Å². The molecule has 0 spiro atoms. The van der Waals surface area contributed by atoms with Gasteiger partial charge in [0.05, 0.1) is 42.1 Å². The first-order valence-electron chi connectivity index (χ1n) is 10.9. The third kappa shape index (κ3) is 4.11. The highest BCUT2D eigenvalue weighted by molar-refractivity contribution is 9.10. The highest BCUT2D eigenvalue weighted by atomic mass is 79.9. The van der Waals surface area contributed by atoms with Gasteiger partial charge in [-0.25, -0.2) is 0 Å². The minimum absolute atomic E-state index is 0.686. The fourth-order valence-corrected chi connectivity index (χ4v) is 4.44. The van der Waals surface area contributed by atoms with E-state index in [0.717, 1.165) is 54.8 Å². The molecule has 0 saturated heterocycles. The molecule has 1 heterocycles. The van der Waals surface area contributed by atoms with E-state index in [2.05, 4.69) is 57.3 Å². The second-order valence-corrected chi connectivity index (χ2v) is 8.70. The molecular formula is C29H23BrN2O2. The summed E-state index contributed by atoms with van der Waals surface area (Å²) in [6, 6.07) is 30.5. The van der Waals surface area contributed by atoms with Gasteiger partial charge in [-0.2, -0.15) is 0 Å². The monoisotopic (exact) mass is 510 g/mol. The molecule has 5 aromatic rings. The molecule has 0 aliphatic rings. The van der Waals surface area contributed by atoms with Crippen molar-refractivity contribution in [2.45, 2.75) is 0 Å². The number of H-pyrrole nitrogens is 1. The first-order chi connectivity index (χ1) is 16.7. The normalized spacial score (nSPS) is 11.3. The van der Waals surface area contributed by atoms with Gasteiger partial charge < -0.3 is 14.5 Å². The molecule has 4 aromatic carbocycles. The van der Waals surface area contributed by atoms with Crippen molar-refractivity contribution >= 4 is 38.7 Å². The second kappa shape index (κ2) is 9.57. The Hall–Kier alpha value is -3.83. The number of nitrogens with zero attached hydrogens (tertiary/aromatic N) is 1. The Kier molecular flexibility index (Phi) is 6.19. The number of aliphatic imine (C=N–C) groups is 1. The maximum absolute atomic E-state index is 5.86. The van der Waals surface area contributed by atoms with Crippen molar-refractivity contribution in [1.82, 2.24) is 4.98 Å². The number of benzene rings is 4. The van der Waals surface area contributed by atoms with Crippen molar-refractivity contribution < 1.29 is 9.47 Å². The van der Waals surface area contributed by atoms with E-state index in [1.54, 1.807) is 14.2 Å². The number of methoxy groups -OCH3 is 2. The number of ether oxygens (including phenoxy) is 2. The molecule has 0 aliphatic carbocycles. The zero-order chi connectivity index (χ0) is 23.5. The maximum Gasteiger partial charge on any atom is 0.133 e. The zero-order valence-electron chi connectivity index (χ0n) is 18.9. The zero-order valence-corrected chi connectivity index (χ0v) is 20.5. The lowest BCUT2D eigenvalue weighted by atomic mass is 9.97. The predicted molar refractivity (Wildman–Crippen MR) is 144 cm³/mol. The summed E-state index contributed by atoms with van der Waals surface area (Å²) in [6.07, 6.45) is 1.85. The summed E-state index contributed by atoms with van der Waals surface area (Å²) in [7, 11) is 3.35. The average molecular weight is 511 g/mol. The topological polar surface area (TPSA) is 46.6 Å². The van der Waals surface area contributed by atoms with Gasteiger partial charge in [0.15, 0.2) is 0 Å². The number of nitrogens with one attached hydrogen (secondary N) is 1. The summed E-state index contributed by atoms with van der Waals surface area (Å²) in [5.74, 6) is 1.43. The molecule has 0 unspecified atom stereocenters. The Labute approximate surface area is 207 Å².